The first-order valence-electron chi connectivity index (χ1n) is 9.02. The molecule has 138 valence electrons. The molecule has 2 aromatic carbocycles. The minimum absolute atomic E-state index is 0.146. The Kier molecular flexibility index (Phi) is 6.00. The van der Waals surface area contributed by atoms with Crippen molar-refractivity contribution < 1.29 is 9.47 Å². The summed E-state index contributed by atoms with van der Waals surface area (Å²) in [6.45, 7) is 3.58. The molecule has 1 aliphatic heterocycles. The molecule has 0 amide bonds. The largest absolute Gasteiger partial charge is 0.496 e. The lowest BCUT2D eigenvalue weighted by Gasteiger charge is -2.16. The Hall–Kier alpha value is -2.69. The summed E-state index contributed by atoms with van der Waals surface area (Å²) in [6.07, 6.45) is 1.98. The number of hydrogen-bond donors (Lipinski definition) is 2. The quantitative estimate of drug-likeness (QED) is 0.619. The minimum atomic E-state index is 0.146. The number of nitrogens with zero attached hydrogens (tertiary/aromatic N) is 1. The number of aliphatic imine (C=N–C) groups is 1. The number of para-hydroxylation sites is 1. The van der Waals surface area contributed by atoms with Gasteiger partial charge in [-0.2, -0.15) is 0 Å². The summed E-state index contributed by atoms with van der Waals surface area (Å²) in [5.74, 6) is 2.72. The molecule has 0 spiro atoms. The molecule has 1 heterocycles. The van der Waals surface area contributed by atoms with Gasteiger partial charge in [0.1, 0.15) is 17.6 Å². The van der Waals surface area contributed by atoms with Crippen LogP contribution in [0.1, 0.15) is 16.7 Å². The zero-order valence-electron chi connectivity index (χ0n) is 15.7. The number of nitrogens with one attached hydrogen (secondary N) is 2. The third-order valence-corrected chi connectivity index (χ3v) is 4.61. The van der Waals surface area contributed by atoms with E-state index in [0.717, 1.165) is 49.0 Å². The number of benzene rings is 2. The predicted octanol–water partition coefficient (Wildman–Crippen LogP) is 2.71. The van der Waals surface area contributed by atoms with Crippen LogP contribution >= 0.6 is 0 Å². The molecular weight excluding hydrogens is 326 g/mol. The van der Waals surface area contributed by atoms with Gasteiger partial charge in [0.25, 0.3) is 0 Å². The van der Waals surface area contributed by atoms with E-state index in [1.165, 1.54) is 11.1 Å². The van der Waals surface area contributed by atoms with Crippen molar-refractivity contribution in [3.8, 4) is 11.5 Å². The Morgan fingerprint density at radius 1 is 1.23 bits per heavy atom. The zero-order valence-corrected chi connectivity index (χ0v) is 15.7. The van der Waals surface area contributed by atoms with E-state index in [1.807, 2.05) is 12.1 Å². The van der Waals surface area contributed by atoms with Crippen molar-refractivity contribution >= 4 is 5.96 Å². The lowest BCUT2D eigenvalue weighted by Crippen LogP contribution is -2.42. The van der Waals surface area contributed by atoms with Gasteiger partial charge < -0.3 is 20.1 Å². The van der Waals surface area contributed by atoms with Crippen LogP contribution < -0.4 is 20.1 Å². The second kappa shape index (κ2) is 8.61. The van der Waals surface area contributed by atoms with Crippen LogP contribution in [-0.2, 0) is 12.8 Å². The molecule has 1 unspecified atom stereocenters. The molecule has 1 aliphatic rings. The van der Waals surface area contributed by atoms with Gasteiger partial charge in [0, 0.05) is 20.0 Å². The van der Waals surface area contributed by atoms with Crippen LogP contribution in [0.2, 0.25) is 0 Å². The Labute approximate surface area is 155 Å². The van der Waals surface area contributed by atoms with Crippen LogP contribution in [0.25, 0.3) is 0 Å². The Morgan fingerprint density at radius 3 is 2.85 bits per heavy atom. The van der Waals surface area contributed by atoms with E-state index in [-0.39, 0.29) is 6.10 Å². The van der Waals surface area contributed by atoms with Gasteiger partial charge >= 0.3 is 0 Å². The molecule has 0 radical (unpaired) electrons. The second-order valence-electron chi connectivity index (χ2n) is 6.49. The average Bonchev–Trinajstić information content (AvgIpc) is 3.08. The van der Waals surface area contributed by atoms with Gasteiger partial charge in [-0.25, -0.2) is 0 Å². The van der Waals surface area contributed by atoms with Crippen molar-refractivity contribution in [1.29, 1.82) is 0 Å². The molecule has 0 saturated carbocycles. The number of aryl methyl sites for hydroxylation is 1. The molecule has 3 rings (SSSR count). The first-order chi connectivity index (χ1) is 12.7. The molecule has 0 bridgehead atoms. The Morgan fingerprint density at radius 2 is 2.08 bits per heavy atom. The second-order valence-corrected chi connectivity index (χ2v) is 6.49. The van der Waals surface area contributed by atoms with Crippen LogP contribution in [0.15, 0.2) is 47.5 Å². The van der Waals surface area contributed by atoms with E-state index < -0.39 is 0 Å². The van der Waals surface area contributed by atoms with Gasteiger partial charge in [-0.05, 0) is 42.2 Å². The maximum absolute atomic E-state index is 5.95. The highest BCUT2D eigenvalue weighted by molar-refractivity contribution is 5.79. The first kappa shape index (κ1) is 18.1. The number of guanidine groups is 1. The number of methoxy groups -OCH3 is 1. The number of ether oxygens (including phenoxy) is 2. The normalized spacial score (nSPS) is 16.0. The fourth-order valence-corrected chi connectivity index (χ4v) is 3.14. The van der Waals surface area contributed by atoms with Gasteiger partial charge in [0.15, 0.2) is 5.96 Å². The fourth-order valence-electron chi connectivity index (χ4n) is 3.14. The van der Waals surface area contributed by atoms with Crippen molar-refractivity contribution in [2.45, 2.75) is 25.9 Å². The molecule has 5 nitrogen and oxygen atoms in total. The van der Waals surface area contributed by atoms with Crippen molar-refractivity contribution in [2.24, 2.45) is 4.99 Å². The summed E-state index contributed by atoms with van der Waals surface area (Å²) in [5.41, 5.74) is 3.67. The van der Waals surface area contributed by atoms with Crippen LogP contribution in [0, 0.1) is 6.92 Å². The molecule has 0 saturated heterocycles. The van der Waals surface area contributed by atoms with Gasteiger partial charge in [-0.15, -0.1) is 0 Å². The molecule has 0 aromatic heterocycles. The number of fused-ring (bicyclic) bond motifs is 1. The molecule has 0 aliphatic carbocycles. The molecule has 0 fully saturated rings. The summed E-state index contributed by atoms with van der Waals surface area (Å²) in [4.78, 5) is 4.29. The first-order valence-corrected chi connectivity index (χ1v) is 9.02. The van der Waals surface area contributed by atoms with E-state index in [0.29, 0.717) is 0 Å². The van der Waals surface area contributed by atoms with Gasteiger partial charge in [-0.3, -0.25) is 4.99 Å². The number of hydrogen-bond acceptors (Lipinski definition) is 3. The van der Waals surface area contributed by atoms with E-state index in [9.17, 15) is 0 Å². The van der Waals surface area contributed by atoms with Crippen molar-refractivity contribution in [3.63, 3.8) is 0 Å². The number of rotatable bonds is 6. The predicted molar refractivity (Wildman–Crippen MR) is 105 cm³/mol. The van der Waals surface area contributed by atoms with E-state index in [4.69, 9.17) is 9.47 Å². The SMILES string of the molecule is CN=C(NCCc1ccc(C)c(OC)c1)NCC1Cc2ccccc2O1. The third kappa shape index (κ3) is 4.48. The maximum Gasteiger partial charge on any atom is 0.191 e. The average molecular weight is 353 g/mol. The molecular formula is C21H27N3O2. The van der Waals surface area contributed by atoms with E-state index >= 15 is 0 Å². The topological polar surface area (TPSA) is 54.9 Å². The summed E-state index contributed by atoms with van der Waals surface area (Å²) >= 11 is 0. The minimum Gasteiger partial charge on any atom is -0.496 e. The van der Waals surface area contributed by atoms with Crippen molar-refractivity contribution in [1.82, 2.24) is 10.6 Å². The summed E-state index contributed by atoms with van der Waals surface area (Å²) in [5, 5.41) is 6.71. The Bertz CT molecular complexity index is 749. The van der Waals surface area contributed by atoms with Crippen LogP contribution in [0.3, 0.4) is 0 Å². The molecule has 2 N–H and O–H groups in total. The molecule has 26 heavy (non-hydrogen) atoms. The Balaban J connectivity index is 1.43. The third-order valence-electron chi connectivity index (χ3n) is 4.61. The monoisotopic (exact) mass is 353 g/mol. The molecule has 1 atom stereocenters. The highest BCUT2D eigenvalue weighted by atomic mass is 16.5. The van der Waals surface area contributed by atoms with Crippen molar-refractivity contribution in [2.75, 3.05) is 27.2 Å². The molecule has 5 heteroatoms. The highest BCUT2D eigenvalue weighted by Gasteiger charge is 2.22. The fraction of sp³-hybridized carbons (Fsp3) is 0.381. The highest BCUT2D eigenvalue weighted by Crippen LogP contribution is 2.27. The smallest absolute Gasteiger partial charge is 0.191 e. The van der Waals surface area contributed by atoms with Crippen LogP contribution in [0.4, 0.5) is 0 Å². The maximum atomic E-state index is 5.95. The van der Waals surface area contributed by atoms with Crippen LogP contribution in [-0.4, -0.2) is 39.3 Å². The summed E-state index contributed by atoms with van der Waals surface area (Å²) in [7, 11) is 3.49. The van der Waals surface area contributed by atoms with Gasteiger partial charge in [0.2, 0.25) is 0 Å². The van der Waals surface area contributed by atoms with E-state index in [1.54, 1.807) is 14.2 Å². The van der Waals surface area contributed by atoms with E-state index in [2.05, 4.69) is 52.9 Å². The lowest BCUT2D eigenvalue weighted by molar-refractivity contribution is 0.235. The molecule has 2 aromatic rings. The summed E-state index contributed by atoms with van der Waals surface area (Å²) in [6, 6.07) is 14.5. The van der Waals surface area contributed by atoms with Gasteiger partial charge in [0.05, 0.1) is 13.7 Å². The van der Waals surface area contributed by atoms with Gasteiger partial charge in [-0.1, -0.05) is 30.3 Å². The zero-order chi connectivity index (χ0) is 18.4. The summed E-state index contributed by atoms with van der Waals surface area (Å²) < 4.78 is 11.3. The van der Waals surface area contributed by atoms with Crippen molar-refractivity contribution in [3.05, 3.63) is 59.2 Å². The standard InChI is InChI=1S/C21H27N3O2/c1-15-8-9-16(12-20(15)25-3)10-11-23-21(22-2)24-14-18-13-17-6-4-5-7-19(17)26-18/h4-9,12,18H,10-11,13-14H2,1-3H3,(H2,22,23,24). The van der Waals surface area contributed by atoms with Crippen LogP contribution in [0.5, 0.6) is 11.5 Å². The lowest BCUT2D eigenvalue weighted by atomic mass is 10.1.